The van der Waals surface area contributed by atoms with Gasteiger partial charge in [-0.15, -0.1) is 0 Å². The first kappa shape index (κ1) is 23.4. The third kappa shape index (κ3) is 5.59. The van der Waals surface area contributed by atoms with Gasteiger partial charge in [-0.25, -0.2) is 4.79 Å². The highest BCUT2D eigenvalue weighted by Crippen LogP contribution is 2.31. The van der Waals surface area contributed by atoms with Crippen LogP contribution in [0.4, 0.5) is 34.1 Å². The van der Waals surface area contributed by atoms with Crippen LogP contribution in [0.5, 0.6) is 0 Å². The van der Waals surface area contributed by atoms with Gasteiger partial charge in [0.1, 0.15) is 17.4 Å². The number of nitrogens with zero attached hydrogens (tertiary/aromatic N) is 4. The summed E-state index contributed by atoms with van der Waals surface area (Å²) in [5.41, 5.74) is -2.71. The number of anilines is 2. The Hall–Kier alpha value is -4.89. The molecule has 0 bridgehead atoms. The van der Waals surface area contributed by atoms with Crippen LogP contribution in [-0.2, 0) is 4.79 Å². The summed E-state index contributed by atoms with van der Waals surface area (Å²) in [7, 11) is 0. The number of carboxylic acid groups (broad SMARTS) is 1. The van der Waals surface area contributed by atoms with Crippen molar-refractivity contribution >= 4 is 40.1 Å². The average molecular weight is 450 g/mol. The van der Waals surface area contributed by atoms with Gasteiger partial charge in [-0.2, -0.15) is 0 Å². The molecular formula is C16H14N6O10. The second-order valence-corrected chi connectivity index (χ2v) is 6.18. The molecular weight excluding hydrogens is 436 g/mol. The Kier molecular flexibility index (Phi) is 7.12. The number of hydrogen-bond acceptors (Lipinski definition) is 11. The lowest BCUT2D eigenvalue weighted by molar-refractivity contribution is -0.393. The normalized spacial score (nSPS) is 11.2. The van der Waals surface area contributed by atoms with E-state index in [4.69, 9.17) is 0 Å². The molecule has 0 saturated carbocycles. The monoisotopic (exact) mass is 450 g/mol. The molecule has 0 radical (unpaired) electrons. The van der Waals surface area contributed by atoms with Crippen LogP contribution in [0, 0.1) is 40.5 Å². The molecule has 0 saturated heterocycles. The Morgan fingerprint density at radius 3 is 1.72 bits per heavy atom. The summed E-state index contributed by atoms with van der Waals surface area (Å²) in [5, 5.41) is 58.3. The van der Waals surface area contributed by atoms with E-state index in [9.17, 15) is 50.4 Å². The van der Waals surface area contributed by atoms with Gasteiger partial charge < -0.3 is 15.7 Å². The number of carbonyl (C=O) groups is 1. The minimum atomic E-state index is -1.40. The number of rotatable bonds is 11. The van der Waals surface area contributed by atoms with Gasteiger partial charge in [0, 0.05) is 18.7 Å². The smallest absolute Gasteiger partial charge is 0.326 e. The zero-order valence-electron chi connectivity index (χ0n) is 15.9. The van der Waals surface area contributed by atoms with Gasteiger partial charge in [0.2, 0.25) is 0 Å². The summed E-state index contributed by atoms with van der Waals surface area (Å²) in [6.45, 7) is -0.163. The molecule has 0 heterocycles. The minimum Gasteiger partial charge on any atom is -0.480 e. The molecule has 2 rings (SSSR count). The number of nitrogens with one attached hydrogen (secondary N) is 2. The number of aliphatic carboxylic acids is 1. The van der Waals surface area contributed by atoms with Gasteiger partial charge in [0.05, 0.1) is 31.8 Å². The number of nitro benzene ring substituents is 4. The van der Waals surface area contributed by atoms with Gasteiger partial charge in [-0.05, 0) is 18.6 Å². The zero-order valence-corrected chi connectivity index (χ0v) is 15.9. The molecule has 16 heteroatoms. The molecule has 0 aliphatic heterocycles. The van der Waals surface area contributed by atoms with Crippen LogP contribution in [0.3, 0.4) is 0 Å². The van der Waals surface area contributed by atoms with Crippen LogP contribution in [-0.4, -0.2) is 43.4 Å². The van der Waals surface area contributed by atoms with E-state index in [2.05, 4.69) is 10.6 Å². The van der Waals surface area contributed by atoms with E-state index < -0.39 is 54.5 Å². The van der Waals surface area contributed by atoms with Crippen molar-refractivity contribution in [3.63, 3.8) is 0 Å². The minimum absolute atomic E-state index is 0.0916. The topological polar surface area (TPSA) is 234 Å². The molecule has 0 spiro atoms. The first-order valence-electron chi connectivity index (χ1n) is 8.60. The van der Waals surface area contributed by atoms with Gasteiger partial charge in [-0.3, -0.25) is 40.5 Å². The number of non-ortho nitro benzene ring substituents is 2. The third-order valence-electron chi connectivity index (χ3n) is 4.15. The van der Waals surface area contributed by atoms with Gasteiger partial charge in [-0.1, -0.05) is 0 Å². The summed E-state index contributed by atoms with van der Waals surface area (Å²) in [4.78, 5) is 52.1. The van der Waals surface area contributed by atoms with E-state index >= 15 is 0 Å². The van der Waals surface area contributed by atoms with Crippen molar-refractivity contribution in [1.82, 2.24) is 0 Å². The maximum atomic E-state index is 11.5. The molecule has 0 fully saturated rings. The molecule has 16 nitrogen and oxygen atoms in total. The van der Waals surface area contributed by atoms with Crippen LogP contribution in [0.25, 0.3) is 0 Å². The zero-order chi connectivity index (χ0) is 24.0. The summed E-state index contributed by atoms with van der Waals surface area (Å²) in [5.74, 6) is -1.40. The van der Waals surface area contributed by atoms with Crippen LogP contribution in [0.2, 0.25) is 0 Å². The Morgan fingerprint density at radius 1 is 0.812 bits per heavy atom. The molecule has 2 aromatic carbocycles. The van der Waals surface area contributed by atoms with E-state index in [1.165, 1.54) is 0 Å². The predicted molar refractivity (Wildman–Crippen MR) is 108 cm³/mol. The lowest BCUT2D eigenvalue weighted by atomic mass is 10.1. The maximum absolute atomic E-state index is 11.5. The van der Waals surface area contributed by atoms with Crippen molar-refractivity contribution in [2.24, 2.45) is 0 Å². The van der Waals surface area contributed by atoms with Crippen molar-refractivity contribution in [3.8, 4) is 0 Å². The van der Waals surface area contributed by atoms with Crippen LogP contribution < -0.4 is 10.6 Å². The third-order valence-corrected chi connectivity index (χ3v) is 4.15. The number of hydrogen-bond donors (Lipinski definition) is 3. The molecule has 3 N–H and O–H groups in total. The summed E-state index contributed by atoms with van der Waals surface area (Å²) in [6.07, 6.45) is -0.225. The highest BCUT2D eigenvalue weighted by atomic mass is 16.6. The first-order valence-corrected chi connectivity index (χ1v) is 8.60. The highest BCUT2D eigenvalue weighted by Gasteiger charge is 2.25. The Morgan fingerprint density at radius 2 is 1.28 bits per heavy atom. The van der Waals surface area contributed by atoms with Crippen LogP contribution >= 0.6 is 0 Å². The molecule has 0 aliphatic rings. The largest absolute Gasteiger partial charge is 0.480 e. The van der Waals surface area contributed by atoms with Crippen molar-refractivity contribution in [2.45, 2.75) is 12.5 Å². The molecule has 0 unspecified atom stereocenters. The second kappa shape index (κ2) is 9.74. The van der Waals surface area contributed by atoms with Crippen molar-refractivity contribution in [1.29, 1.82) is 0 Å². The summed E-state index contributed by atoms with van der Waals surface area (Å²) in [6, 6.07) is 4.12. The quantitative estimate of drug-likeness (QED) is 0.331. The highest BCUT2D eigenvalue weighted by molar-refractivity contribution is 5.79. The van der Waals surface area contributed by atoms with Crippen LogP contribution in [0.1, 0.15) is 6.42 Å². The summed E-state index contributed by atoms with van der Waals surface area (Å²) < 4.78 is 0. The Bertz CT molecular complexity index is 1100. The molecule has 0 aromatic heterocycles. The molecule has 32 heavy (non-hydrogen) atoms. The molecule has 168 valence electrons. The van der Waals surface area contributed by atoms with E-state index in [0.29, 0.717) is 6.07 Å². The van der Waals surface area contributed by atoms with Crippen molar-refractivity contribution < 1.29 is 29.6 Å². The molecule has 0 aliphatic carbocycles. The van der Waals surface area contributed by atoms with Crippen molar-refractivity contribution in [2.75, 3.05) is 17.2 Å². The Balaban J connectivity index is 2.17. The van der Waals surface area contributed by atoms with E-state index in [0.717, 1.165) is 30.3 Å². The molecule has 2 aromatic rings. The fourth-order valence-electron chi connectivity index (χ4n) is 2.64. The van der Waals surface area contributed by atoms with Gasteiger partial charge in [0.15, 0.2) is 0 Å². The van der Waals surface area contributed by atoms with Crippen LogP contribution in [0.15, 0.2) is 36.4 Å². The Labute approximate surface area is 177 Å². The number of carboxylic acids is 1. The lowest BCUT2D eigenvalue weighted by Gasteiger charge is -2.16. The van der Waals surface area contributed by atoms with Gasteiger partial charge in [0.25, 0.3) is 22.7 Å². The SMILES string of the molecule is O=C(O)[C@@H](CCNc1ccc([N+](=O)[O-])cc1[N+](=O)[O-])Nc1ccc([N+](=O)[O-])cc1[N+](=O)[O-]. The fourth-order valence-corrected chi connectivity index (χ4v) is 2.64. The van der Waals surface area contributed by atoms with E-state index in [1.54, 1.807) is 0 Å². The number of benzene rings is 2. The molecule has 0 amide bonds. The standard InChI is InChI=1S/C16H14N6O10/c23-16(24)13(18-12-4-2-10(20(27)28)8-15(12)22(31)32)5-6-17-11-3-1-9(19(25)26)7-14(11)21(29)30/h1-4,7-8,13,17-18H,5-6H2,(H,23,24)/t13-/m1/s1. The average Bonchev–Trinajstić information content (AvgIpc) is 2.72. The van der Waals surface area contributed by atoms with E-state index in [1.807, 2.05) is 0 Å². The summed E-state index contributed by atoms with van der Waals surface area (Å²) >= 11 is 0. The van der Waals surface area contributed by atoms with Gasteiger partial charge >= 0.3 is 5.97 Å². The molecule has 1 atom stereocenters. The first-order chi connectivity index (χ1) is 15.0. The fraction of sp³-hybridized carbons (Fsp3) is 0.188. The number of nitro groups is 4. The lowest BCUT2D eigenvalue weighted by Crippen LogP contribution is -2.31. The predicted octanol–water partition coefficient (Wildman–Crippen LogP) is 2.69. The van der Waals surface area contributed by atoms with E-state index in [-0.39, 0.29) is 24.3 Å². The maximum Gasteiger partial charge on any atom is 0.326 e. The van der Waals surface area contributed by atoms with Crippen molar-refractivity contribution in [3.05, 3.63) is 76.9 Å². The second-order valence-electron chi connectivity index (χ2n) is 6.18.